The van der Waals surface area contributed by atoms with Crippen molar-refractivity contribution >= 4 is 12.0 Å². The smallest absolute Gasteiger partial charge is 0.410 e. The Labute approximate surface area is 142 Å². The van der Waals surface area contributed by atoms with Gasteiger partial charge in [0.25, 0.3) is 11.8 Å². The Balaban J connectivity index is 2.25. The first-order chi connectivity index (χ1) is 11.1. The SMILES string of the molecule is Cc1cc(OCC(=O)NCC(C)CN(C)C(=O)OC(C)(C)C)no1. The predicted octanol–water partition coefficient (Wildman–Crippen LogP) is 1.98. The van der Waals surface area contributed by atoms with E-state index in [1.165, 1.54) is 4.90 Å². The van der Waals surface area contributed by atoms with Crippen molar-refractivity contribution in [3.05, 3.63) is 11.8 Å². The lowest BCUT2D eigenvalue weighted by Gasteiger charge is -2.26. The average molecular weight is 341 g/mol. The molecule has 0 fully saturated rings. The summed E-state index contributed by atoms with van der Waals surface area (Å²) in [4.78, 5) is 25.1. The Morgan fingerprint density at radius 3 is 2.62 bits per heavy atom. The summed E-state index contributed by atoms with van der Waals surface area (Å²) < 4.78 is 15.3. The van der Waals surface area contributed by atoms with Gasteiger partial charge in [-0.1, -0.05) is 6.92 Å². The zero-order valence-electron chi connectivity index (χ0n) is 15.2. The number of carbonyl (C=O) groups is 2. The summed E-state index contributed by atoms with van der Waals surface area (Å²) in [5, 5.41) is 6.39. The van der Waals surface area contributed by atoms with Gasteiger partial charge in [-0.3, -0.25) is 4.79 Å². The molecule has 1 aromatic heterocycles. The number of ether oxygens (including phenoxy) is 2. The van der Waals surface area contributed by atoms with Crippen LogP contribution in [0.1, 0.15) is 33.5 Å². The molecule has 2 amide bonds. The van der Waals surface area contributed by atoms with Crippen LogP contribution >= 0.6 is 0 Å². The van der Waals surface area contributed by atoms with Crippen molar-refractivity contribution in [1.82, 2.24) is 15.4 Å². The van der Waals surface area contributed by atoms with E-state index in [9.17, 15) is 9.59 Å². The number of carbonyl (C=O) groups excluding carboxylic acids is 2. The molecule has 1 heterocycles. The maximum atomic E-state index is 11.9. The number of rotatable bonds is 7. The quantitative estimate of drug-likeness (QED) is 0.815. The van der Waals surface area contributed by atoms with Crippen molar-refractivity contribution in [2.45, 2.75) is 40.2 Å². The van der Waals surface area contributed by atoms with Crippen molar-refractivity contribution in [2.75, 3.05) is 26.7 Å². The number of hydrogen-bond acceptors (Lipinski definition) is 6. The summed E-state index contributed by atoms with van der Waals surface area (Å²) in [6.07, 6.45) is -0.384. The normalized spacial score (nSPS) is 12.4. The van der Waals surface area contributed by atoms with Gasteiger partial charge in [-0.25, -0.2) is 4.79 Å². The van der Waals surface area contributed by atoms with Crippen LogP contribution < -0.4 is 10.1 Å². The lowest BCUT2D eigenvalue weighted by atomic mass is 10.1. The van der Waals surface area contributed by atoms with E-state index in [4.69, 9.17) is 14.0 Å². The first kappa shape index (κ1) is 19.8. The minimum absolute atomic E-state index is 0.0702. The molecule has 0 bridgehead atoms. The van der Waals surface area contributed by atoms with Gasteiger partial charge in [-0.05, 0) is 38.8 Å². The summed E-state index contributed by atoms with van der Waals surface area (Å²) >= 11 is 0. The highest BCUT2D eigenvalue weighted by atomic mass is 16.6. The Morgan fingerprint density at radius 2 is 2.08 bits per heavy atom. The third-order valence-electron chi connectivity index (χ3n) is 2.90. The molecule has 24 heavy (non-hydrogen) atoms. The van der Waals surface area contributed by atoms with Gasteiger partial charge in [0.1, 0.15) is 11.4 Å². The molecule has 8 heteroatoms. The minimum Gasteiger partial charge on any atom is -0.465 e. The highest BCUT2D eigenvalue weighted by Gasteiger charge is 2.20. The monoisotopic (exact) mass is 341 g/mol. The van der Waals surface area contributed by atoms with Crippen LogP contribution in [0, 0.1) is 12.8 Å². The standard InChI is InChI=1S/C16H27N3O5/c1-11(9-19(6)15(21)23-16(3,4)5)8-17-13(20)10-22-14-7-12(2)24-18-14/h7,11H,8-10H2,1-6H3,(H,17,20). The molecule has 1 atom stereocenters. The van der Waals surface area contributed by atoms with Crippen molar-refractivity contribution in [3.8, 4) is 5.88 Å². The zero-order valence-corrected chi connectivity index (χ0v) is 15.2. The van der Waals surface area contributed by atoms with E-state index >= 15 is 0 Å². The lowest BCUT2D eigenvalue weighted by Crippen LogP contribution is -2.40. The molecular formula is C16H27N3O5. The number of aromatic nitrogens is 1. The van der Waals surface area contributed by atoms with E-state index in [2.05, 4.69) is 10.5 Å². The van der Waals surface area contributed by atoms with E-state index in [1.807, 2.05) is 27.7 Å². The van der Waals surface area contributed by atoms with Crippen LogP contribution in [-0.4, -0.2) is 54.4 Å². The molecule has 1 aromatic rings. The zero-order chi connectivity index (χ0) is 18.3. The third-order valence-corrected chi connectivity index (χ3v) is 2.90. The highest BCUT2D eigenvalue weighted by Crippen LogP contribution is 2.10. The second-order valence-electron chi connectivity index (χ2n) is 6.83. The molecule has 0 saturated heterocycles. The van der Waals surface area contributed by atoms with Crippen LogP contribution in [0.5, 0.6) is 5.88 Å². The summed E-state index contributed by atoms with van der Waals surface area (Å²) in [5.41, 5.74) is -0.528. The highest BCUT2D eigenvalue weighted by molar-refractivity contribution is 5.77. The molecule has 0 radical (unpaired) electrons. The molecule has 0 aliphatic carbocycles. The van der Waals surface area contributed by atoms with Gasteiger partial charge in [0.2, 0.25) is 0 Å². The molecule has 0 saturated carbocycles. The number of amides is 2. The molecule has 136 valence electrons. The molecule has 0 aliphatic heterocycles. The van der Waals surface area contributed by atoms with E-state index in [1.54, 1.807) is 20.0 Å². The lowest BCUT2D eigenvalue weighted by molar-refractivity contribution is -0.123. The van der Waals surface area contributed by atoms with Gasteiger partial charge in [-0.2, -0.15) is 0 Å². The van der Waals surface area contributed by atoms with Crippen LogP contribution in [0.4, 0.5) is 4.79 Å². The predicted molar refractivity (Wildman–Crippen MR) is 87.8 cm³/mol. The Kier molecular flexibility index (Phi) is 7.06. The van der Waals surface area contributed by atoms with E-state index in [0.29, 0.717) is 18.8 Å². The van der Waals surface area contributed by atoms with Crippen LogP contribution in [-0.2, 0) is 9.53 Å². The minimum atomic E-state index is -0.528. The molecule has 0 aliphatic rings. The number of hydrogen-bond donors (Lipinski definition) is 1. The first-order valence-corrected chi connectivity index (χ1v) is 7.83. The van der Waals surface area contributed by atoms with Crippen molar-refractivity contribution in [1.29, 1.82) is 0 Å². The summed E-state index contributed by atoms with van der Waals surface area (Å²) in [5.74, 6) is 0.702. The molecule has 0 aromatic carbocycles. The fourth-order valence-corrected chi connectivity index (χ4v) is 1.84. The molecule has 1 N–H and O–H groups in total. The Morgan fingerprint density at radius 1 is 1.42 bits per heavy atom. The van der Waals surface area contributed by atoms with Crippen LogP contribution in [0.25, 0.3) is 0 Å². The largest absolute Gasteiger partial charge is 0.465 e. The van der Waals surface area contributed by atoms with E-state index < -0.39 is 5.60 Å². The van der Waals surface area contributed by atoms with Gasteiger partial charge in [0.15, 0.2) is 6.61 Å². The first-order valence-electron chi connectivity index (χ1n) is 7.83. The second kappa shape index (κ2) is 8.56. The Hall–Kier alpha value is -2.25. The molecule has 8 nitrogen and oxygen atoms in total. The van der Waals surface area contributed by atoms with Crippen LogP contribution in [0.3, 0.4) is 0 Å². The summed E-state index contributed by atoms with van der Waals surface area (Å²) in [6, 6.07) is 1.60. The van der Waals surface area contributed by atoms with Gasteiger partial charge in [0, 0.05) is 26.2 Å². The van der Waals surface area contributed by atoms with Crippen molar-refractivity contribution < 1.29 is 23.6 Å². The van der Waals surface area contributed by atoms with Crippen molar-refractivity contribution in [2.24, 2.45) is 5.92 Å². The molecule has 1 rings (SSSR count). The fraction of sp³-hybridized carbons (Fsp3) is 0.688. The van der Waals surface area contributed by atoms with Gasteiger partial charge < -0.3 is 24.2 Å². The maximum absolute atomic E-state index is 11.9. The molecule has 0 spiro atoms. The van der Waals surface area contributed by atoms with E-state index in [0.717, 1.165) is 0 Å². The summed E-state index contributed by atoms with van der Waals surface area (Å²) in [6.45, 7) is 9.88. The van der Waals surface area contributed by atoms with Crippen molar-refractivity contribution in [3.63, 3.8) is 0 Å². The summed E-state index contributed by atoms with van der Waals surface area (Å²) in [7, 11) is 1.67. The average Bonchev–Trinajstić information content (AvgIpc) is 2.86. The van der Waals surface area contributed by atoms with Gasteiger partial charge >= 0.3 is 6.09 Å². The van der Waals surface area contributed by atoms with Crippen LogP contribution in [0.2, 0.25) is 0 Å². The number of aryl methyl sites for hydroxylation is 1. The fourth-order valence-electron chi connectivity index (χ4n) is 1.84. The number of nitrogens with one attached hydrogen (secondary N) is 1. The van der Waals surface area contributed by atoms with Gasteiger partial charge in [0.05, 0.1) is 0 Å². The second-order valence-corrected chi connectivity index (χ2v) is 6.83. The van der Waals surface area contributed by atoms with E-state index in [-0.39, 0.29) is 30.4 Å². The molecule has 1 unspecified atom stereocenters. The topological polar surface area (TPSA) is 93.9 Å². The van der Waals surface area contributed by atoms with Gasteiger partial charge in [-0.15, -0.1) is 0 Å². The molecular weight excluding hydrogens is 314 g/mol. The Bertz CT molecular complexity index is 550. The third kappa shape index (κ3) is 7.85. The maximum Gasteiger partial charge on any atom is 0.410 e. The van der Waals surface area contributed by atoms with Crippen LogP contribution in [0.15, 0.2) is 10.6 Å². The number of nitrogens with zero attached hydrogens (tertiary/aromatic N) is 2.